The lowest BCUT2D eigenvalue weighted by Gasteiger charge is -2.24. The largest absolute Gasteiger partial charge is 0.496 e. The SMILES string of the molecule is COc1ccccc1C(=O)NNC(=O)C(C)(C)CCCOc1cc(C)ccc1C. The Morgan fingerprint density at radius 3 is 2.45 bits per heavy atom. The van der Waals surface area contributed by atoms with E-state index in [-0.39, 0.29) is 5.91 Å². The van der Waals surface area contributed by atoms with Crippen molar-refractivity contribution in [3.63, 3.8) is 0 Å². The van der Waals surface area contributed by atoms with Crippen LogP contribution in [-0.4, -0.2) is 25.5 Å². The van der Waals surface area contributed by atoms with Gasteiger partial charge in [-0.2, -0.15) is 0 Å². The van der Waals surface area contributed by atoms with Gasteiger partial charge in [-0.3, -0.25) is 20.4 Å². The number of ether oxygens (including phenoxy) is 2. The second-order valence-electron chi connectivity index (χ2n) is 7.71. The molecule has 29 heavy (non-hydrogen) atoms. The van der Waals surface area contributed by atoms with Gasteiger partial charge in [0.15, 0.2) is 0 Å². The Morgan fingerprint density at radius 1 is 1.00 bits per heavy atom. The molecule has 0 atom stereocenters. The number of carbonyl (C=O) groups excluding carboxylic acids is 2. The molecule has 0 aliphatic rings. The van der Waals surface area contributed by atoms with E-state index in [1.165, 1.54) is 7.11 Å². The number of methoxy groups -OCH3 is 1. The Labute approximate surface area is 172 Å². The zero-order valence-corrected chi connectivity index (χ0v) is 17.8. The molecule has 0 fully saturated rings. The van der Waals surface area contributed by atoms with E-state index in [4.69, 9.17) is 9.47 Å². The summed E-state index contributed by atoms with van der Waals surface area (Å²) in [5.41, 5.74) is 6.91. The smallest absolute Gasteiger partial charge is 0.273 e. The summed E-state index contributed by atoms with van der Waals surface area (Å²) in [6, 6.07) is 12.9. The fourth-order valence-electron chi connectivity index (χ4n) is 2.85. The van der Waals surface area contributed by atoms with Crippen molar-refractivity contribution in [2.24, 2.45) is 5.41 Å². The number of hydrogen-bond donors (Lipinski definition) is 2. The van der Waals surface area contributed by atoms with Crippen LogP contribution in [0, 0.1) is 19.3 Å². The molecule has 0 bridgehead atoms. The molecule has 2 aromatic rings. The maximum atomic E-state index is 12.5. The number of carbonyl (C=O) groups is 2. The Hall–Kier alpha value is -3.02. The molecule has 156 valence electrons. The van der Waals surface area contributed by atoms with E-state index >= 15 is 0 Å². The van der Waals surface area contributed by atoms with Gasteiger partial charge in [0.2, 0.25) is 5.91 Å². The molecular formula is C23H30N2O4. The fraction of sp³-hybridized carbons (Fsp3) is 0.391. The van der Waals surface area contributed by atoms with Crippen LogP contribution >= 0.6 is 0 Å². The van der Waals surface area contributed by atoms with Crippen LogP contribution in [0.1, 0.15) is 48.2 Å². The number of nitrogens with one attached hydrogen (secondary N) is 2. The van der Waals surface area contributed by atoms with Gasteiger partial charge >= 0.3 is 0 Å². The minimum atomic E-state index is -0.654. The van der Waals surface area contributed by atoms with Gasteiger partial charge in [-0.1, -0.05) is 38.1 Å². The highest BCUT2D eigenvalue weighted by molar-refractivity contribution is 5.98. The summed E-state index contributed by atoms with van der Waals surface area (Å²) in [6.45, 7) is 8.25. The lowest BCUT2D eigenvalue weighted by atomic mass is 9.87. The summed E-state index contributed by atoms with van der Waals surface area (Å²) in [5, 5.41) is 0. The van der Waals surface area contributed by atoms with E-state index in [0.29, 0.717) is 30.8 Å². The Balaban J connectivity index is 1.81. The molecule has 0 heterocycles. The van der Waals surface area contributed by atoms with Crippen molar-refractivity contribution in [3.8, 4) is 11.5 Å². The Kier molecular flexibility index (Phi) is 7.65. The van der Waals surface area contributed by atoms with Gasteiger partial charge in [0, 0.05) is 5.41 Å². The molecule has 0 aliphatic heterocycles. The molecule has 0 spiro atoms. The van der Waals surface area contributed by atoms with Gasteiger partial charge < -0.3 is 9.47 Å². The highest BCUT2D eigenvalue weighted by Gasteiger charge is 2.27. The van der Waals surface area contributed by atoms with Crippen LogP contribution in [0.5, 0.6) is 11.5 Å². The van der Waals surface area contributed by atoms with E-state index in [1.807, 2.05) is 39.8 Å². The van der Waals surface area contributed by atoms with Gasteiger partial charge in [0.05, 0.1) is 19.3 Å². The predicted molar refractivity (Wildman–Crippen MR) is 113 cm³/mol. The topological polar surface area (TPSA) is 76.7 Å². The van der Waals surface area contributed by atoms with Crippen molar-refractivity contribution in [2.75, 3.05) is 13.7 Å². The van der Waals surface area contributed by atoms with Crippen LogP contribution in [-0.2, 0) is 4.79 Å². The molecule has 0 aromatic heterocycles. The minimum absolute atomic E-state index is 0.257. The van der Waals surface area contributed by atoms with Crippen molar-refractivity contribution in [2.45, 2.75) is 40.5 Å². The summed E-state index contributed by atoms with van der Waals surface area (Å²) in [4.78, 5) is 24.8. The number of hydrazine groups is 1. The van der Waals surface area contributed by atoms with Gasteiger partial charge in [-0.05, 0) is 56.0 Å². The van der Waals surface area contributed by atoms with Crippen LogP contribution in [0.2, 0.25) is 0 Å². The lowest BCUT2D eigenvalue weighted by Crippen LogP contribution is -2.47. The van der Waals surface area contributed by atoms with E-state index < -0.39 is 11.3 Å². The molecule has 0 saturated heterocycles. The lowest BCUT2D eigenvalue weighted by molar-refractivity contribution is -0.130. The zero-order chi connectivity index (χ0) is 21.4. The second kappa shape index (κ2) is 9.96. The fourth-order valence-corrected chi connectivity index (χ4v) is 2.85. The summed E-state index contributed by atoms with van der Waals surface area (Å²) in [6.07, 6.45) is 1.34. The third-order valence-corrected chi connectivity index (χ3v) is 4.80. The second-order valence-corrected chi connectivity index (χ2v) is 7.71. The number of hydrogen-bond acceptors (Lipinski definition) is 4. The van der Waals surface area contributed by atoms with Gasteiger partial charge in [0.1, 0.15) is 11.5 Å². The molecule has 2 rings (SSSR count). The number of para-hydroxylation sites is 1. The highest BCUT2D eigenvalue weighted by atomic mass is 16.5. The van der Waals surface area contributed by atoms with E-state index in [2.05, 4.69) is 16.9 Å². The quantitative estimate of drug-likeness (QED) is 0.521. The summed E-state index contributed by atoms with van der Waals surface area (Å²) in [7, 11) is 1.49. The molecular weight excluding hydrogens is 368 g/mol. The third-order valence-electron chi connectivity index (χ3n) is 4.80. The summed E-state index contributed by atoms with van der Waals surface area (Å²) in [5.74, 6) is 0.635. The summed E-state index contributed by atoms with van der Waals surface area (Å²) >= 11 is 0. The van der Waals surface area contributed by atoms with Gasteiger partial charge in [0.25, 0.3) is 5.91 Å². The van der Waals surface area contributed by atoms with Crippen molar-refractivity contribution in [1.82, 2.24) is 10.9 Å². The van der Waals surface area contributed by atoms with Crippen LogP contribution in [0.4, 0.5) is 0 Å². The molecule has 0 saturated carbocycles. The standard InChI is InChI=1S/C23H30N2O4/c1-16-11-12-17(2)20(15-16)29-14-8-13-23(3,4)22(27)25-24-21(26)18-9-6-7-10-19(18)28-5/h6-7,9-12,15H,8,13-14H2,1-5H3,(H,24,26)(H,25,27). The van der Waals surface area contributed by atoms with E-state index in [1.54, 1.807) is 24.3 Å². The van der Waals surface area contributed by atoms with Crippen molar-refractivity contribution in [3.05, 3.63) is 59.2 Å². The third kappa shape index (κ3) is 6.24. The minimum Gasteiger partial charge on any atom is -0.496 e. The Morgan fingerprint density at radius 2 is 1.72 bits per heavy atom. The number of benzene rings is 2. The van der Waals surface area contributed by atoms with Gasteiger partial charge in [-0.15, -0.1) is 0 Å². The van der Waals surface area contributed by atoms with Crippen LogP contribution in [0.15, 0.2) is 42.5 Å². The van der Waals surface area contributed by atoms with Crippen molar-refractivity contribution in [1.29, 1.82) is 0 Å². The first-order valence-electron chi connectivity index (χ1n) is 9.68. The molecule has 6 heteroatoms. The van der Waals surface area contributed by atoms with E-state index in [9.17, 15) is 9.59 Å². The van der Waals surface area contributed by atoms with Crippen molar-refractivity contribution >= 4 is 11.8 Å². The first kappa shape index (κ1) is 22.3. The van der Waals surface area contributed by atoms with Crippen LogP contribution in [0.25, 0.3) is 0 Å². The normalized spacial score (nSPS) is 10.9. The predicted octanol–water partition coefficient (Wildman–Crippen LogP) is 3.96. The number of rotatable bonds is 8. The maximum Gasteiger partial charge on any atom is 0.273 e. The molecule has 2 N–H and O–H groups in total. The highest BCUT2D eigenvalue weighted by Crippen LogP contribution is 2.24. The molecule has 0 aliphatic carbocycles. The number of aryl methyl sites for hydroxylation is 2. The van der Waals surface area contributed by atoms with Crippen molar-refractivity contribution < 1.29 is 19.1 Å². The van der Waals surface area contributed by atoms with Crippen LogP contribution in [0.3, 0.4) is 0 Å². The summed E-state index contributed by atoms with van der Waals surface area (Å²) < 4.78 is 11.0. The molecule has 2 amide bonds. The Bertz CT molecular complexity index is 862. The monoisotopic (exact) mass is 398 g/mol. The molecule has 0 radical (unpaired) electrons. The zero-order valence-electron chi connectivity index (χ0n) is 17.8. The average Bonchev–Trinajstić information content (AvgIpc) is 2.71. The van der Waals surface area contributed by atoms with E-state index in [0.717, 1.165) is 16.9 Å². The first-order chi connectivity index (χ1) is 13.7. The number of amides is 2. The molecule has 0 unspecified atom stereocenters. The average molecular weight is 399 g/mol. The first-order valence-corrected chi connectivity index (χ1v) is 9.68. The van der Waals surface area contributed by atoms with Crippen LogP contribution < -0.4 is 20.3 Å². The van der Waals surface area contributed by atoms with Gasteiger partial charge in [-0.25, -0.2) is 0 Å². The molecule has 2 aromatic carbocycles. The maximum absolute atomic E-state index is 12.5. The molecule has 6 nitrogen and oxygen atoms in total.